The van der Waals surface area contributed by atoms with Gasteiger partial charge in [-0.25, -0.2) is 4.98 Å². The first-order valence-corrected chi connectivity index (χ1v) is 7.18. The van der Waals surface area contributed by atoms with Gasteiger partial charge in [-0.3, -0.25) is 4.90 Å². The molecule has 3 nitrogen and oxygen atoms in total. The molecule has 1 fully saturated rings. The van der Waals surface area contributed by atoms with E-state index in [1.54, 1.807) is 0 Å². The highest BCUT2D eigenvalue weighted by molar-refractivity contribution is 7.11. The highest BCUT2D eigenvalue weighted by atomic mass is 32.1. The van der Waals surface area contributed by atoms with Crippen LogP contribution in [-0.4, -0.2) is 35.6 Å². The average molecular weight is 253 g/mol. The standard InChI is InChI=1S/C13H23N3S/c1-10-7-14-5-6-16(10)9-12-15-8-11(17-12)13(2,3)4/h8,10,14H,5-7,9H2,1-4H3/t10-/m1/s1. The molecule has 96 valence electrons. The Morgan fingerprint density at radius 3 is 2.88 bits per heavy atom. The molecule has 17 heavy (non-hydrogen) atoms. The number of nitrogens with zero attached hydrogens (tertiary/aromatic N) is 2. The molecule has 1 aliphatic heterocycles. The van der Waals surface area contributed by atoms with Crippen molar-refractivity contribution in [3.05, 3.63) is 16.1 Å². The van der Waals surface area contributed by atoms with Crippen molar-refractivity contribution in [1.82, 2.24) is 15.2 Å². The van der Waals surface area contributed by atoms with Crippen molar-refractivity contribution in [3.63, 3.8) is 0 Å². The molecule has 0 aromatic carbocycles. The normalized spacial score (nSPS) is 22.9. The van der Waals surface area contributed by atoms with Gasteiger partial charge >= 0.3 is 0 Å². The molecular weight excluding hydrogens is 230 g/mol. The van der Waals surface area contributed by atoms with Gasteiger partial charge in [0.05, 0.1) is 6.54 Å². The van der Waals surface area contributed by atoms with E-state index in [9.17, 15) is 0 Å². The van der Waals surface area contributed by atoms with Crippen molar-refractivity contribution in [3.8, 4) is 0 Å². The molecule has 1 aromatic rings. The van der Waals surface area contributed by atoms with Crippen LogP contribution in [0.3, 0.4) is 0 Å². The number of hydrogen-bond donors (Lipinski definition) is 1. The number of aromatic nitrogens is 1. The summed E-state index contributed by atoms with van der Waals surface area (Å²) < 4.78 is 0. The van der Waals surface area contributed by atoms with Crippen LogP contribution >= 0.6 is 11.3 Å². The largest absolute Gasteiger partial charge is 0.314 e. The third-order valence-electron chi connectivity index (χ3n) is 3.27. The predicted molar refractivity (Wildman–Crippen MR) is 73.6 cm³/mol. The van der Waals surface area contributed by atoms with Gasteiger partial charge in [-0.15, -0.1) is 11.3 Å². The minimum atomic E-state index is 0.227. The molecule has 0 spiro atoms. The minimum absolute atomic E-state index is 0.227. The zero-order valence-electron chi connectivity index (χ0n) is 11.3. The van der Waals surface area contributed by atoms with E-state index in [2.05, 4.69) is 42.9 Å². The average Bonchev–Trinajstić information content (AvgIpc) is 2.69. The summed E-state index contributed by atoms with van der Waals surface area (Å²) in [6, 6.07) is 0.616. The lowest BCUT2D eigenvalue weighted by molar-refractivity contribution is 0.165. The van der Waals surface area contributed by atoms with E-state index in [-0.39, 0.29) is 5.41 Å². The second-order valence-corrected chi connectivity index (χ2v) is 7.01. The molecule has 1 atom stereocenters. The van der Waals surface area contributed by atoms with Crippen molar-refractivity contribution >= 4 is 11.3 Å². The molecule has 1 saturated heterocycles. The third kappa shape index (κ3) is 3.27. The van der Waals surface area contributed by atoms with Crippen LogP contribution in [0.4, 0.5) is 0 Å². The van der Waals surface area contributed by atoms with E-state index in [0.717, 1.165) is 26.2 Å². The first-order chi connectivity index (χ1) is 7.97. The lowest BCUT2D eigenvalue weighted by Gasteiger charge is -2.33. The predicted octanol–water partition coefficient (Wildman–Crippen LogP) is 2.23. The third-order valence-corrected chi connectivity index (χ3v) is 4.68. The monoisotopic (exact) mass is 253 g/mol. The summed E-state index contributed by atoms with van der Waals surface area (Å²) in [6.45, 7) is 13.4. The van der Waals surface area contributed by atoms with Crippen molar-refractivity contribution in [1.29, 1.82) is 0 Å². The molecule has 0 radical (unpaired) electrons. The van der Waals surface area contributed by atoms with Gasteiger partial charge < -0.3 is 5.32 Å². The number of rotatable bonds is 2. The van der Waals surface area contributed by atoms with Crippen LogP contribution in [-0.2, 0) is 12.0 Å². The van der Waals surface area contributed by atoms with Crippen molar-refractivity contribution < 1.29 is 0 Å². The topological polar surface area (TPSA) is 28.2 Å². The van der Waals surface area contributed by atoms with Crippen LogP contribution in [0.5, 0.6) is 0 Å². The van der Waals surface area contributed by atoms with Gasteiger partial charge in [0.25, 0.3) is 0 Å². The summed E-state index contributed by atoms with van der Waals surface area (Å²) in [5.74, 6) is 0. The SMILES string of the molecule is C[C@@H]1CNCCN1Cc1ncc(C(C)(C)C)s1. The molecule has 1 aromatic heterocycles. The number of thiazole rings is 1. The maximum Gasteiger partial charge on any atom is 0.107 e. The molecule has 4 heteroatoms. The molecule has 0 saturated carbocycles. The molecule has 2 heterocycles. The Balaban J connectivity index is 2.01. The van der Waals surface area contributed by atoms with E-state index in [1.807, 2.05) is 17.5 Å². The Kier molecular flexibility index (Phi) is 3.85. The summed E-state index contributed by atoms with van der Waals surface area (Å²) in [7, 11) is 0. The second kappa shape index (κ2) is 5.04. The van der Waals surface area contributed by atoms with Crippen LogP contribution in [0.2, 0.25) is 0 Å². The summed E-state index contributed by atoms with van der Waals surface area (Å²) in [6.07, 6.45) is 2.05. The zero-order valence-corrected chi connectivity index (χ0v) is 12.1. The lowest BCUT2D eigenvalue weighted by Crippen LogP contribution is -2.49. The molecule has 1 N–H and O–H groups in total. The van der Waals surface area contributed by atoms with Crippen molar-refractivity contribution in [2.45, 2.75) is 45.7 Å². The fourth-order valence-corrected chi connectivity index (χ4v) is 3.02. The maximum atomic E-state index is 4.57. The summed E-state index contributed by atoms with van der Waals surface area (Å²) in [4.78, 5) is 8.47. The molecule has 1 aliphatic rings. The molecule has 0 unspecified atom stereocenters. The lowest BCUT2D eigenvalue weighted by atomic mass is 9.96. The minimum Gasteiger partial charge on any atom is -0.314 e. The maximum absolute atomic E-state index is 4.57. The van der Waals surface area contributed by atoms with Gasteiger partial charge in [0.15, 0.2) is 0 Å². The van der Waals surface area contributed by atoms with Crippen molar-refractivity contribution in [2.24, 2.45) is 0 Å². The van der Waals surface area contributed by atoms with Gasteiger partial charge in [0.2, 0.25) is 0 Å². The van der Waals surface area contributed by atoms with Gasteiger partial charge in [-0.2, -0.15) is 0 Å². The highest BCUT2D eigenvalue weighted by Gasteiger charge is 2.21. The quantitative estimate of drug-likeness (QED) is 0.876. The van der Waals surface area contributed by atoms with Crippen LogP contribution in [0.1, 0.15) is 37.6 Å². The zero-order chi connectivity index (χ0) is 12.5. The van der Waals surface area contributed by atoms with Crippen molar-refractivity contribution in [2.75, 3.05) is 19.6 Å². The Morgan fingerprint density at radius 2 is 2.29 bits per heavy atom. The summed E-state index contributed by atoms with van der Waals surface area (Å²) in [5.41, 5.74) is 0.227. The van der Waals surface area contributed by atoms with Crippen LogP contribution in [0, 0.1) is 0 Å². The number of piperazine rings is 1. The Labute approximate surface area is 108 Å². The van der Waals surface area contributed by atoms with Crippen LogP contribution < -0.4 is 5.32 Å². The fraction of sp³-hybridized carbons (Fsp3) is 0.769. The Morgan fingerprint density at radius 1 is 1.53 bits per heavy atom. The summed E-state index contributed by atoms with van der Waals surface area (Å²) >= 11 is 1.86. The molecule has 2 rings (SSSR count). The van der Waals surface area contributed by atoms with E-state index < -0.39 is 0 Å². The van der Waals surface area contributed by atoms with Crippen LogP contribution in [0.15, 0.2) is 6.20 Å². The first kappa shape index (κ1) is 13.0. The van der Waals surface area contributed by atoms with E-state index in [4.69, 9.17) is 0 Å². The van der Waals surface area contributed by atoms with Crippen LogP contribution in [0.25, 0.3) is 0 Å². The number of nitrogens with one attached hydrogen (secondary N) is 1. The van der Waals surface area contributed by atoms with E-state index in [1.165, 1.54) is 9.88 Å². The second-order valence-electron chi connectivity index (χ2n) is 5.89. The highest BCUT2D eigenvalue weighted by Crippen LogP contribution is 2.28. The van der Waals surface area contributed by atoms with Gasteiger partial charge in [-0.1, -0.05) is 20.8 Å². The van der Waals surface area contributed by atoms with Gasteiger partial charge in [0, 0.05) is 36.8 Å². The van der Waals surface area contributed by atoms with Gasteiger partial charge in [-0.05, 0) is 12.3 Å². The molecule has 0 amide bonds. The smallest absolute Gasteiger partial charge is 0.107 e. The molecule has 0 aliphatic carbocycles. The molecule has 0 bridgehead atoms. The first-order valence-electron chi connectivity index (χ1n) is 6.37. The fourth-order valence-electron chi connectivity index (χ4n) is 2.02. The Bertz CT molecular complexity index is 367. The number of hydrogen-bond acceptors (Lipinski definition) is 4. The Hall–Kier alpha value is -0.450. The van der Waals surface area contributed by atoms with E-state index in [0.29, 0.717) is 6.04 Å². The van der Waals surface area contributed by atoms with Gasteiger partial charge in [0.1, 0.15) is 5.01 Å². The molecular formula is C13H23N3S. The summed E-state index contributed by atoms with van der Waals surface area (Å²) in [5, 5.41) is 4.67. The van der Waals surface area contributed by atoms with E-state index >= 15 is 0 Å².